The largest absolute Gasteiger partial charge is 0.454 e. The Labute approximate surface area is 120 Å². The molecule has 0 aliphatic carbocycles. The molecule has 0 atom stereocenters. The molecule has 110 valence electrons. The van der Waals surface area contributed by atoms with Crippen LogP contribution in [0.2, 0.25) is 0 Å². The molecule has 1 aliphatic heterocycles. The summed E-state index contributed by atoms with van der Waals surface area (Å²) in [5.74, 6) is 0.0169. The van der Waals surface area contributed by atoms with Crippen molar-refractivity contribution in [2.75, 3.05) is 17.2 Å². The van der Waals surface area contributed by atoms with Crippen LogP contribution < -0.4 is 19.9 Å². The number of anilines is 2. The lowest BCUT2D eigenvalue weighted by Gasteiger charge is -2.11. The number of nitrogens with one attached hydrogen (secondary N) is 1. The van der Waals surface area contributed by atoms with Crippen molar-refractivity contribution in [1.82, 2.24) is 0 Å². The first kappa shape index (κ1) is 13.5. The molecular weight excluding hydrogens is 299 g/mol. The zero-order valence-electron chi connectivity index (χ0n) is 10.7. The van der Waals surface area contributed by atoms with Crippen molar-refractivity contribution < 1.29 is 22.3 Å². The van der Waals surface area contributed by atoms with E-state index in [9.17, 15) is 12.8 Å². The highest BCUT2D eigenvalue weighted by molar-refractivity contribution is 7.92. The summed E-state index contributed by atoms with van der Waals surface area (Å²) in [6, 6.07) is 8.19. The summed E-state index contributed by atoms with van der Waals surface area (Å²) in [4.78, 5) is -0.581. The van der Waals surface area contributed by atoms with Crippen molar-refractivity contribution in [2.45, 2.75) is 4.90 Å². The Kier molecular flexibility index (Phi) is 3.09. The molecular formula is C13H11FN2O4S. The lowest BCUT2D eigenvalue weighted by Crippen LogP contribution is -2.16. The van der Waals surface area contributed by atoms with E-state index in [1.807, 2.05) is 0 Å². The van der Waals surface area contributed by atoms with Gasteiger partial charge in [0.25, 0.3) is 10.0 Å². The van der Waals surface area contributed by atoms with Gasteiger partial charge >= 0.3 is 0 Å². The highest BCUT2D eigenvalue weighted by atomic mass is 32.2. The highest BCUT2D eigenvalue weighted by Gasteiger charge is 2.23. The Bertz CT molecular complexity index is 788. The molecule has 1 heterocycles. The Balaban J connectivity index is 1.97. The molecule has 21 heavy (non-hydrogen) atoms. The van der Waals surface area contributed by atoms with Crippen LogP contribution in [0, 0.1) is 5.82 Å². The van der Waals surface area contributed by atoms with Gasteiger partial charge in [-0.25, -0.2) is 12.8 Å². The molecule has 0 amide bonds. The van der Waals surface area contributed by atoms with Gasteiger partial charge in [0.2, 0.25) is 6.79 Å². The van der Waals surface area contributed by atoms with Crippen molar-refractivity contribution in [1.29, 1.82) is 0 Å². The van der Waals surface area contributed by atoms with Crippen LogP contribution >= 0.6 is 0 Å². The van der Waals surface area contributed by atoms with Gasteiger partial charge in [-0.1, -0.05) is 6.07 Å². The Morgan fingerprint density at radius 1 is 1.14 bits per heavy atom. The van der Waals surface area contributed by atoms with Crippen LogP contribution in [-0.2, 0) is 10.0 Å². The SMILES string of the molecule is Nc1cccc(F)c1S(=O)(=O)Nc1ccc2c(c1)OCO2. The minimum absolute atomic E-state index is 0.0752. The molecule has 0 fully saturated rings. The third-order valence-corrected chi connectivity index (χ3v) is 4.36. The Morgan fingerprint density at radius 3 is 2.67 bits per heavy atom. The molecule has 0 saturated carbocycles. The first-order valence-corrected chi connectivity index (χ1v) is 7.42. The average Bonchev–Trinajstić information content (AvgIpc) is 2.85. The monoisotopic (exact) mass is 310 g/mol. The van der Waals surface area contributed by atoms with E-state index in [2.05, 4.69) is 4.72 Å². The molecule has 2 aromatic carbocycles. The van der Waals surface area contributed by atoms with Gasteiger partial charge in [-0.2, -0.15) is 0 Å². The van der Waals surface area contributed by atoms with E-state index in [-0.39, 0.29) is 18.2 Å². The van der Waals surface area contributed by atoms with Crippen LogP contribution in [-0.4, -0.2) is 15.2 Å². The van der Waals surface area contributed by atoms with Gasteiger partial charge in [-0.15, -0.1) is 0 Å². The first-order chi connectivity index (χ1) is 9.97. The highest BCUT2D eigenvalue weighted by Crippen LogP contribution is 2.35. The zero-order chi connectivity index (χ0) is 15.0. The molecule has 3 rings (SSSR count). The number of nitrogens with two attached hydrogens (primary N) is 1. The minimum Gasteiger partial charge on any atom is -0.454 e. The minimum atomic E-state index is -4.14. The van der Waals surface area contributed by atoms with E-state index in [1.165, 1.54) is 24.3 Å². The fraction of sp³-hybridized carbons (Fsp3) is 0.0769. The molecule has 3 N–H and O–H groups in total. The maximum atomic E-state index is 13.7. The van der Waals surface area contributed by atoms with E-state index < -0.39 is 20.7 Å². The standard InChI is InChI=1S/C13H11FN2O4S/c14-9-2-1-3-10(15)13(9)21(17,18)16-8-4-5-11-12(6-8)20-7-19-11/h1-6,16H,7,15H2. The molecule has 0 bridgehead atoms. The second-order valence-corrected chi connectivity index (χ2v) is 5.95. The summed E-state index contributed by atoms with van der Waals surface area (Å²) in [5, 5.41) is 0. The topological polar surface area (TPSA) is 90.7 Å². The third-order valence-electron chi connectivity index (χ3n) is 2.89. The van der Waals surface area contributed by atoms with Gasteiger partial charge in [0.15, 0.2) is 11.5 Å². The van der Waals surface area contributed by atoms with Crippen LogP contribution in [0.1, 0.15) is 0 Å². The molecule has 0 unspecified atom stereocenters. The van der Waals surface area contributed by atoms with Crippen LogP contribution in [0.15, 0.2) is 41.3 Å². The number of halogens is 1. The third kappa shape index (κ3) is 2.45. The Hall–Kier alpha value is -2.48. The summed E-state index contributed by atoms with van der Waals surface area (Å²) in [6.07, 6.45) is 0. The van der Waals surface area contributed by atoms with E-state index in [1.54, 1.807) is 6.07 Å². The van der Waals surface area contributed by atoms with E-state index in [0.717, 1.165) is 6.07 Å². The van der Waals surface area contributed by atoms with Gasteiger partial charge in [0.05, 0.1) is 11.4 Å². The van der Waals surface area contributed by atoms with Gasteiger partial charge in [0.1, 0.15) is 10.7 Å². The van der Waals surface area contributed by atoms with Crippen molar-refractivity contribution in [3.8, 4) is 11.5 Å². The number of sulfonamides is 1. The van der Waals surface area contributed by atoms with Gasteiger partial charge in [-0.05, 0) is 24.3 Å². The van der Waals surface area contributed by atoms with Gasteiger partial charge in [0, 0.05) is 6.07 Å². The molecule has 0 saturated heterocycles. The smallest absolute Gasteiger partial charge is 0.266 e. The average molecular weight is 310 g/mol. The van der Waals surface area contributed by atoms with Crippen LogP contribution in [0.5, 0.6) is 11.5 Å². The maximum Gasteiger partial charge on any atom is 0.266 e. The predicted molar refractivity (Wildman–Crippen MR) is 74.2 cm³/mol. The van der Waals surface area contributed by atoms with Crippen LogP contribution in [0.4, 0.5) is 15.8 Å². The van der Waals surface area contributed by atoms with Crippen molar-refractivity contribution in [2.24, 2.45) is 0 Å². The van der Waals surface area contributed by atoms with Crippen LogP contribution in [0.25, 0.3) is 0 Å². The summed E-state index contributed by atoms with van der Waals surface area (Å²) in [6.45, 7) is 0.0752. The number of benzene rings is 2. The Morgan fingerprint density at radius 2 is 1.90 bits per heavy atom. The lowest BCUT2D eigenvalue weighted by molar-refractivity contribution is 0.174. The van der Waals surface area contributed by atoms with E-state index >= 15 is 0 Å². The second kappa shape index (κ2) is 4.81. The van der Waals surface area contributed by atoms with E-state index in [0.29, 0.717) is 11.5 Å². The van der Waals surface area contributed by atoms with Crippen LogP contribution in [0.3, 0.4) is 0 Å². The summed E-state index contributed by atoms with van der Waals surface area (Å²) >= 11 is 0. The molecule has 6 nitrogen and oxygen atoms in total. The number of hydrogen-bond donors (Lipinski definition) is 2. The second-order valence-electron chi connectivity index (χ2n) is 4.33. The van der Waals surface area contributed by atoms with Gasteiger partial charge in [-0.3, -0.25) is 4.72 Å². The quantitative estimate of drug-likeness (QED) is 0.845. The fourth-order valence-electron chi connectivity index (χ4n) is 1.98. The summed E-state index contributed by atoms with van der Waals surface area (Å²) < 4.78 is 50.7. The number of hydrogen-bond acceptors (Lipinski definition) is 5. The number of rotatable bonds is 3. The van der Waals surface area contributed by atoms with Crippen molar-refractivity contribution in [3.05, 3.63) is 42.2 Å². The van der Waals surface area contributed by atoms with Crippen molar-refractivity contribution in [3.63, 3.8) is 0 Å². The first-order valence-electron chi connectivity index (χ1n) is 5.94. The molecule has 0 radical (unpaired) electrons. The molecule has 8 heteroatoms. The molecule has 1 aliphatic rings. The summed E-state index contributed by atoms with van der Waals surface area (Å²) in [7, 11) is -4.14. The van der Waals surface area contributed by atoms with Crippen molar-refractivity contribution >= 4 is 21.4 Å². The molecule has 2 aromatic rings. The fourth-order valence-corrected chi connectivity index (χ4v) is 3.22. The molecule has 0 spiro atoms. The summed E-state index contributed by atoms with van der Waals surface area (Å²) in [5.41, 5.74) is 5.61. The maximum absolute atomic E-state index is 13.7. The number of nitrogen functional groups attached to an aromatic ring is 1. The van der Waals surface area contributed by atoms with Gasteiger partial charge < -0.3 is 15.2 Å². The predicted octanol–water partition coefficient (Wildman–Crippen LogP) is 1.94. The normalized spacial score (nSPS) is 13.2. The number of ether oxygens (including phenoxy) is 2. The lowest BCUT2D eigenvalue weighted by atomic mass is 10.3. The zero-order valence-corrected chi connectivity index (χ0v) is 11.5. The van der Waals surface area contributed by atoms with E-state index in [4.69, 9.17) is 15.2 Å². The molecule has 0 aromatic heterocycles. The number of fused-ring (bicyclic) bond motifs is 1.